The molecule has 0 unspecified atom stereocenters. The molecule has 4 nitrogen and oxygen atoms in total. The quantitative estimate of drug-likeness (QED) is 0.803. The molecule has 3 aromatic rings. The van der Waals surface area contributed by atoms with E-state index in [-0.39, 0.29) is 5.75 Å². The number of nitrogens with zero attached hydrogens (tertiary/aromatic N) is 2. The number of aromatic nitrogens is 2. The molecule has 0 bridgehead atoms. The molecule has 2 aromatic carbocycles. The summed E-state index contributed by atoms with van der Waals surface area (Å²) in [6.45, 7) is 0.327. The van der Waals surface area contributed by atoms with Gasteiger partial charge in [0.2, 0.25) is 0 Å². The standard InChI is InChI=1S/C17H16FN3O/c1-21-17(19)10-15(20-21)13-7-8-16(14(18)9-13)22-11-12-5-3-2-4-6-12/h2-10H,11,19H2,1H3. The normalized spacial score (nSPS) is 10.6. The Morgan fingerprint density at radius 1 is 1.14 bits per heavy atom. The molecule has 0 spiro atoms. The van der Waals surface area contributed by atoms with Gasteiger partial charge in [0.25, 0.3) is 0 Å². The van der Waals surface area contributed by atoms with Gasteiger partial charge in [0.05, 0.1) is 5.69 Å². The molecule has 1 aromatic heterocycles. The largest absolute Gasteiger partial charge is 0.486 e. The Bertz CT molecular complexity index is 764. The molecule has 0 fully saturated rings. The van der Waals surface area contributed by atoms with E-state index in [1.54, 1.807) is 29.9 Å². The third-order valence-corrected chi connectivity index (χ3v) is 3.38. The number of aryl methyl sites for hydroxylation is 1. The summed E-state index contributed by atoms with van der Waals surface area (Å²) in [6, 6.07) is 16.1. The van der Waals surface area contributed by atoms with Crippen LogP contribution in [-0.4, -0.2) is 9.78 Å². The fraction of sp³-hybridized carbons (Fsp3) is 0.118. The second kappa shape index (κ2) is 5.89. The highest BCUT2D eigenvalue weighted by Crippen LogP contribution is 2.26. The van der Waals surface area contributed by atoms with E-state index < -0.39 is 5.82 Å². The Kier molecular flexibility index (Phi) is 3.78. The fourth-order valence-electron chi connectivity index (χ4n) is 2.14. The van der Waals surface area contributed by atoms with E-state index in [2.05, 4.69) is 5.10 Å². The summed E-state index contributed by atoms with van der Waals surface area (Å²) >= 11 is 0. The first kappa shape index (κ1) is 14.1. The maximum absolute atomic E-state index is 14.2. The Morgan fingerprint density at radius 2 is 1.91 bits per heavy atom. The summed E-state index contributed by atoms with van der Waals surface area (Å²) in [5.74, 6) is 0.328. The van der Waals surface area contributed by atoms with Crippen molar-refractivity contribution in [2.24, 2.45) is 7.05 Å². The number of ether oxygens (including phenoxy) is 1. The third kappa shape index (κ3) is 2.93. The number of nitrogens with two attached hydrogens (primary N) is 1. The van der Waals surface area contributed by atoms with Crippen molar-refractivity contribution in [3.8, 4) is 17.0 Å². The van der Waals surface area contributed by atoms with Crippen LogP contribution in [0.2, 0.25) is 0 Å². The summed E-state index contributed by atoms with van der Waals surface area (Å²) in [7, 11) is 1.74. The molecule has 0 atom stereocenters. The molecule has 0 aliphatic rings. The van der Waals surface area contributed by atoms with Crippen LogP contribution in [0.25, 0.3) is 11.3 Å². The Labute approximate surface area is 128 Å². The summed E-state index contributed by atoms with van der Waals surface area (Å²) in [4.78, 5) is 0. The van der Waals surface area contributed by atoms with Gasteiger partial charge in [0.15, 0.2) is 11.6 Å². The topological polar surface area (TPSA) is 53.1 Å². The van der Waals surface area contributed by atoms with Gasteiger partial charge in [-0.05, 0) is 23.8 Å². The Hall–Kier alpha value is -2.82. The van der Waals surface area contributed by atoms with Crippen molar-refractivity contribution >= 4 is 5.82 Å². The van der Waals surface area contributed by atoms with Gasteiger partial charge in [-0.25, -0.2) is 4.39 Å². The molecule has 0 saturated carbocycles. The number of hydrogen-bond acceptors (Lipinski definition) is 3. The van der Waals surface area contributed by atoms with Crippen molar-refractivity contribution in [2.45, 2.75) is 6.61 Å². The minimum atomic E-state index is -0.419. The van der Waals surface area contributed by atoms with Crippen LogP contribution in [0.3, 0.4) is 0 Å². The van der Waals surface area contributed by atoms with Crippen molar-refractivity contribution in [3.63, 3.8) is 0 Å². The second-order valence-electron chi connectivity index (χ2n) is 5.00. The average molecular weight is 297 g/mol. The maximum Gasteiger partial charge on any atom is 0.165 e. The molecule has 0 amide bonds. The number of anilines is 1. The molecule has 0 aliphatic carbocycles. The average Bonchev–Trinajstić information content (AvgIpc) is 2.86. The van der Waals surface area contributed by atoms with E-state index in [0.29, 0.717) is 23.7 Å². The minimum Gasteiger partial charge on any atom is -0.486 e. The number of nitrogen functional groups attached to an aromatic ring is 1. The second-order valence-corrected chi connectivity index (χ2v) is 5.00. The van der Waals surface area contributed by atoms with Crippen molar-refractivity contribution in [1.29, 1.82) is 0 Å². The zero-order valence-corrected chi connectivity index (χ0v) is 12.2. The van der Waals surface area contributed by atoms with Gasteiger partial charge < -0.3 is 10.5 Å². The third-order valence-electron chi connectivity index (χ3n) is 3.38. The lowest BCUT2D eigenvalue weighted by atomic mass is 10.1. The van der Waals surface area contributed by atoms with Gasteiger partial charge in [0, 0.05) is 18.7 Å². The SMILES string of the molecule is Cn1nc(-c2ccc(OCc3ccccc3)c(F)c2)cc1N. The lowest BCUT2D eigenvalue weighted by molar-refractivity contribution is 0.290. The highest BCUT2D eigenvalue weighted by atomic mass is 19.1. The van der Waals surface area contributed by atoms with E-state index in [9.17, 15) is 4.39 Å². The fourth-order valence-corrected chi connectivity index (χ4v) is 2.14. The van der Waals surface area contributed by atoms with Gasteiger partial charge in [0.1, 0.15) is 12.4 Å². The first-order valence-electron chi connectivity index (χ1n) is 6.89. The van der Waals surface area contributed by atoms with Crippen molar-refractivity contribution in [1.82, 2.24) is 9.78 Å². The summed E-state index contributed by atoms with van der Waals surface area (Å²) in [6.07, 6.45) is 0. The van der Waals surface area contributed by atoms with Crippen LogP contribution in [-0.2, 0) is 13.7 Å². The van der Waals surface area contributed by atoms with E-state index in [0.717, 1.165) is 5.56 Å². The predicted molar refractivity (Wildman–Crippen MR) is 83.8 cm³/mol. The van der Waals surface area contributed by atoms with Gasteiger partial charge in [-0.3, -0.25) is 4.68 Å². The molecule has 112 valence electrons. The van der Waals surface area contributed by atoms with E-state index in [4.69, 9.17) is 10.5 Å². The van der Waals surface area contributed by atoms with Gasteiger partial charge >= 0.3 is 0 Å². The summed E-state index contributed by atoms with van der Waals surface area (Å²) in [5.41, 5.74) is 8.03. The molecule has 0 saturated heterocycles. The van der Waals surface area contributed by atoms with Crippen LogP contribution >= 0.6 is 0 Å². The van der Waals surface area contributed by atoms with Crippen molar-refractivity contribution < 1.29 is 9.13 Å². The molecular formula is C17H16FN3O. The highest BCUT2D eigenvalue weighted by molar-refractivity contribution is 5.63. The first-order valence-corrected chi connectivity index (χ1v) is 6.89. The number of hydrogen-bond donors (Lipinski definition) is 1. The monoisotopic (exact) mass is 297 g/mol. The van der Waals surface area contributed by atoms with Crippen molar-refractivity contribution in [2.75, 3.05) is 5.73 Å². The molecule has 5 heteroatoms. The molecule has 0 aliphatic heterocycles. The van der Waals surface area contributed by atoms with Gasteiger partial charge in [-0.1, -0.05) is 30.3 Å². The number of halogens is 1. The van der Waals surface area contributed by atoms with E-state index >= 15 is 0 Å². The molecule has 0 radical (unpaired) electrons. The summed E-state index contributed by atoms with van der Waals surface area (Å²) < 4.78 is 21.2. The Balaban J connectivity index is 1.77. The Morgan fingerprint density at radius 3 is 2.55 bits per heavy atom. The van der Waals surface area contributed by atoms with Crippen LogP contribution in [0.1, 0.15) is 5.56 Å². The maximum atomic E-state index is 14.2. The van der Waals surface area contributed by atoms with Crippen LogP contribution in [0.5, 0.6) is 5.75 Å². The molecular weight excluding hydrogens is 281 g/mol. The lowest BCUT2D eigenvalue weighted by Gasteiger charge is -2.08. The first-order chi connectivity index (χ1) is 10.6. The van der Waals surface area contributed by atoms with Crippen LogP contribution in [0, 0.1) is 5.82 Å². The molecule has 3 rings (SSSR count). The number of benzene rings is 2. The number of rotatable bonds is 4. The molecule has 2 N–H and O–H groups in total. The van der Waals surface area contributed by atoms with Crippen LogP contribution in [0.4, 0.5) is 10.2 Å². The van der Waals surface area contributed by atoms with Crippen LogP contribution < -0.4 is 10.5 Å². The summed E-state index contributed by atoms with van der Waals surface area (Å²) in [5, 5.41) is 4.23. The minimum absolute atomic E-state index is 0.219. The van der Waals surface area contributed by atoms with Gasteiger partial charge in [-0.2, -0.15) is 5.10 Å². The van der Waals surface area contributed by atoms with Crippen LogP contribution in [0.15, 0.2) is 54.6 Å². The smallest absolute Gasteiger partial charge is 0.165 e. The predicted octanol–water partition coefficient (Wildman–Crippen LogP) is 3.39. The zero-order valence-electron chi connectivity index (χ0n) is 12.2. The van der Waals surface area contributed by atoms with E-state index in [1.807, 2.05) is 30.3 Å². The van der Waals surface area contributed by atoms with Crippen molar-refractivity contribution in [3.05, 3.63) is 66.0 Å². The van der Waals surface area contributed by atoms with E-state index in [1.165, 1.54) is 6.07 Å². The highest BCUT2D eigenvalue weighted by Gasteiger charge is 2.10. The molecule has 1 heterocycles. The molecule has 22 heavy (non-hydrogen) atoms. The van der Waals surface area contributed by atoms with Gasteiger partial charge in [-0.15, -0.1) is 0 Å². The zero-order chi connectivity index (χ0) is 15.5. The lowest BCUT2D eigenvalue weighted by Crippen LogP contribution is -1.98.